The molecule has 1 atom stereocenters. The lowest BCUT2D eigenvalue weighted by Gasteiger charge is -2.16. The summed E-state index contributed by atoms with van der Waals surface area (Å²) in [7, 11) is -2.77. The molecule has 0 saturated heterocycles. The monoisotopic (exact) mass is 522 g/mol. The summed E-state index contributed by atoms with van der Waals surface area (Å²) in [5, 5.41) is 3.28. The number of aryl methyl sites for hydroxylation is 1. The summed E-state index contributed by atoms with van der Waals surface area (Å²) >= 11 is 0. The zero-order valence-corrected chi connectivity index (χ0v) is 21.1. The highest BCUT2D eigenvalue weighted by Gasteiger charge is 2.24. The smallest absolute Gasteiger partial charge is 0.408 e. The minimum atomic E-state index is -4.00. The summed E-state index contributed by atoms with van der Waals surface area (Å²) in [6.07, 6.45) is 1.04. The number of hydrogen-bond donors (Lipinski definition) is 2. The van der Waals surface area contributed by atoms with E-state index in [1.807, 2.05) is 37.3 Å². The van der Waals surface area contributed by atoms with E-state index in [0.29, 0.717) is 11.1 Å². The second kappa shape index (κ2) is 11.2. The van der Waals surface area contributed by atoms with Gasteiger partial charge in [-0.15, -0.1) is 0 Å². The lowest BCUT2D eigenvalue weighted by atomic mass is 10.0. The molecule has 37 heavy (non-hydrogen) atoms. The summed E-state index contributed by atoms with van der Waals surface area (Å²) in [6.45, 7) is 1.92. The highest BCUT2D eigenvalue weighted by Crippen LogP contribution is 2.27. The van der Waals surface area contributed by atoms with Crippen LogP contribution in [0.15, 0.2) is 83.9 Å². The molecule has 0 spiro atoms. The van der Waals surface area contributed by atoms with Crippen LogP contribution in [0.2, 0.25) is 0 Å². The molecule has 0 radical (unpaired) electrons. The van der Waals surface area contributed by atoms with Crippen LogP contribution in [-0.2, 0) is 37.4 Å². The molecule has 1 heterocycles. The Morgan fingerprint density at radius 2 is 1.73 bits per heavy atom. The summed E-state index contributed by atoms with van der Waals surface area (Å²) in [6, 6.07) is 19.3. The third kappa shape index (κ3) is 6.47. The van der Waals surface area contributed by atoms with Gasteiger partial charge < -0.3 is 24.0 Å². The fourth-order valence-corrected chi connectivity index (χ4v) is 4.65. The predicted octanol–water partition coefficient (Wildman–Crippen LogP) is 4.25. The van der Waals surface area contributed by atoms with E-state index in [-0.39, 0.29) is 23.7 Å². The van der Waals surface area contributed by atoms with E-state index in [2.05, 4.69) is 10.3 Å². The first-order valence-corrected chi connectivity index (χ1v) is 12.8. The molecule has 0 fully saturated rings. The van der Waals surface area contributed by atoms with Crippen molar-refractivity contribution in [3.63, 3.8) is 0 Å². The van der Waals surface area contributed by atoms with E-state index in [1.165, 1.54) is 25.3 Å². The average Bonchev–Trinajstić information content (AvgIpc) is 3.29. The number of nitrogens with one attached hydrogen (secondary N) is 2. The van der Waals surface area contributed by atoms with Gasteiger partial charge in [0.15, 0.2) is 0 Å². The van der Waals surface area contributed by atoms with Crippen LogP contribution in [-0.4, -0.2) is 38.6 Å². The molecule has 10 heteroatoms. The maximum atomic E-state index is 12.6. The number of benzene rings is 3. The Labute approximate surface area is 214 Å². The number of aromatic amines is 1. The number of rotatable bonds is 9. The molecule has 0 bridgehead atoms. The van der Waals surface area contributed by atoms with Gasteiger partial charge in [-0.25, -0.2) is 9.59 Å². The van der Waals surface area contributed by atoms with Crippen molar-refractivity contribution < 1.29 is 31.7 Å². The molecule has 4 aromatic rings. The summed E-state index contributed by atoms with van der Waals surface area (Å²) < 4.78 is 40.6. The van der Waals surface area contributed by atoms with Crippen molar-refractivity contribution in [1.29, 1.82) is 0 Å². The summed E-state index contributed by atoms with van der Waals surface area (Å²) in [5.74, 6) is -0.497. The standard InChI is InChI=1S/C27H26N2O7S/c1-18-8-11-22(12-9-18)37(32,33)36-21-10-13-23-20(16-28-24(23)15-21)14-25(26(30)34-2)29-27(31)35-17-19-6-4-3-5-7-19/h3-13,15-16,25,28H,14,17H2,1-2H3,(H,29,31). The molecule has 0 saturated carbocycles. The second-order valence-corrected chi connectivity index (χ2v) is 9.90. The number of ether oxygens (including phenoxy) is 2. The number of H-pyrrole nitrogens is 1. The third-order valence-corrected chi connectivity index (χ3v) is 6.93. The number of carbonyl (C=O) groups excluding carboxylic acids is 2. The Bertz CT molecular complexity index is 1500. The van der Waals surface area contributed by atoms with Gasteiger partial charge in [0.2, 0.25) is 0 Å². The first-order valence-electron chi connectivity index (χ1n) is 11.4. The topological polar surface area (TPSA) is 124 Å². The maximum Gasteiger partial charge on any atom is 0.408 e. The van der Waals surface area contributed by atoms with Crippen molar-refractivity contribution in [3.8, 4) is 5.75 Å². The average molecular weight is 523 g/mol. The van der Waals surface area contributed by atoms with Crippen LogP contribution >= 0.6 is 0 Å². The van der Waals surface area contributed by atoms with Gasteiger partial charge in [0.05, 0.1) is 7.11 Å². The van der Waals surface area contributed by atoms with Crippen LogP contribution in [0.25, 0.3) is 10.9 Å². The molecular formula is C27H26N2O7S. The molecule has 9 nitrogen and oxygen atoms in total. The highest BCUT2D eigenvalue weighted by molar-refractivity contribution is 7.87. The molecule has 2 N–H and O–H groups in total. The normalized spacial score (nSPS) is 12.1. The third-order valence-electron chi connectivity index (χ3n) is 5.67. The minimum absolute atomic E-state index is 0.0523. The molecule has 0 aliphatic heterocycles. The number of fused-ring (bicyclic) bond motifs is 1. The quantitative estimate of drug-likeness (QED) is 0.249. The fourth-order valence-electron chi connectivity index (χ4n) is 3.73. The number of esters is 1. The minimum Gasteiger partial charge on any atom is -0.467 e. The molecule has 192 valence electrons. The van der Waals surface area contributed by atoms with Gasteiger partial charge in [-0.1, -0.05) is 48.0 Å². The molecule has 3 aromatic carbocycles. The highest BCUT2D eigenvalue weighted by atomic mass is 32.2. The van der Waals surface area contributed by atoms with E-state index >= 15 is 0 Å². The van der Waals surface area contributed by atoms with Gasteiger partial charge in [-0.3, -0.25) is 0 Å². The molecule has 4 rings (SSSR count). The number of aromatic nitrogens is 1. The van der Waals surface area contributed by atoms with Crippen LogP contribution < -0.4 is 9.50 Å². The Morgan fingerprint density at radius 1 is 1.00 bits per heavy atom. The van der Waals surface area contributed by atoms with Gasteiger partial charge in [-0.2, -0.15) is 8.42 Å². The van der Waals surface area contributed by atoms with Crippen molar-refractivity contribution in [2.75, 3.05) is 7.11 Å². The number of hydrogen-bond acceptors (Lipinski definition) is 7. The van der Waals surface area contributed by atoms with Crippen LogP contribution in [0.1, 0.15) is 16.7 Å². The molecule has 0 aliphatic rings. The Morgan fingerprint density at radius 3 is 2.43 bits per heavy atom. The molecular weight excluding hydrogens is 496 g/mol. The molecule has 1 unspecified atom stereocenters. The Hall–Kier alpha value is -4.31. The van der Waals surface area contributed by atoms with Crippen molar-refractivity contribution >= 4 is 33.1 Å². The van der Waals surface area contributed by atoms with E-state index in [1.54, 1.807) is 30.5 Å². The first-order chi connectivity index (χ1) is 17.7. The lowest BCUT2D eigenvalue weighted by molar-refractivity contribution is -0.143. The number of methoxy groups -OCH3 is 1. The zero-order chi connectivity index (χ0) is 26.4. The largest absolute Gasteiger partial charge is 0.467 e. The fraction of sp³-hybridized carbons (Fsp3) is 0.185. The summed E-state index contributed by atoms with van der Waals surface area (Å²) in [5.41, 5.74) is 3.05. The lowest BCUT2D eigenvalue weighted by Crippen LogP contribution is -2.43. The van der Waals surface area contributed by atoms with Crippen molar-refractivity contribution in [1.82, 2.24) is 10.3 Å². The summed E-state index contributed by atoms with van der Waals surface area (Å²) in [4.78, 5) is 27.8. The molecule has 1 amide bonds. The van der Waals surface area contributed by atoms with Crippen LogP contribution in [0, 0.1) is 6.92 Å². The van der Waals surface area contributed by atoms with Gasteiger partial charge in [0.1, 0.15) is 23.3 Å². The van der Waals surface area contributed by atoms with Gasteiger partial charge in [0.25, 0.3) is 0 Å². The predicted molar refractivity (Wildman–Crippen MR) is 137 cm³/mol. The van der Waals surface area contributed by atoms with Crippen molar-refractivity contribution in [2.24, 2.45) is 0 Å². The zero-order valence-electron chi connectivity index (χ0n) is 20.3. The number of alkyl carbamates (subject to hydrolysis) is 1. The maximum absolute atomic E-state index is 12.6. The Balaban J connectivity index is 1.46. The van der Waals surface area contributed by atoms with Crippen molar-refractivity contribution in [3.05, 3.63) is 95.7 Å². The van der Waals surface area contributed by atoms with Gasteiger partial charge >= 0.3 is 22.2 Å². The van der Waals surface area contributed by atoms with Gasteiger partial charge in [0, 0.05) is 29.6 Å². The molecule has 1 aromatic heterocycles. The van der Waals surface area contributed by atoms with E-state index in [9.17, 15) is 18.0 Å². The second-order valence-electron chi connectivity index (χ2n) is 8.36. The Kier molecular flexibility index (Phi) is 7.78. The number of carbonyl (C=O) groups is 2. The number of amides is 1. The molecule has 0 aliphatic carbocycles. The van der Waals surface area contributed by atoms with Crippen LogP contribution in [0.4, 0.5) is 4.79 Å². The van der Waals surface area contributed by atoms with E-state index in [0.717, 1.165) is 16.5 Å². The first kappa shape index (κ1) is 25.8. The van der Waals surface area contributed by atoms with E-state index < -0.39 is 28.2 Å². The van der Waals surface area contributed by atoms with E-state index in [4.69, 9.17) is 13.7 Å². The van der Waals surface area contributed by atoms with Gasteiger partial charge in [-0.05, 0) is 42.3 Å². The SMILES string of the molecule is COC(=O)C(Cc1c[nH]c2cc(OS(=O)(=O)c3ccc(C)cc3)ccc12)NC(=O)OCc1ccccc1. The van der Waals surface area contributed by atoms with Crippen molar-refractivity contribution in [2.45, 2.75) is 30.9 Å². The van der Waals surface area contributed by atoms with Crippen LogP contribution in [0.3, 0.4) is 0 Å². The van der Waals surface area contributed by atoms with Crippen LogP contribution in [0.5, 0.6) is 5.75 Å².